The van der Waals surface area contributed by atoms with Gasteiger partial charge in [0.1, 0.15) is 11.6 Å². The first kappa shape index (κ1) is 24.6. The van der Waals surface area contributed by atoms with Crippen LogP contribution in [0.1, 0.15) is 40.9 Å². The predicted molar refractivity (Wildman–Crippen MR) is 134 cm³/mol. The van der Waals surface area contributed by atoms with Crippen LogP contribution >= 0.6 is 0 Å². The zero-order valence-corrected chi connectivity index (χ0v) is 20.4. The fraction of sp³-hybridized carbons (Fsp3) is 0.310. The normalized spacial score (nSPS) is 18.3. The minimum Gasteiger partial charge on any atom is -0.483 e. The van der Waals surface area contributed by atoms with Crippen molar-refractivity contribution >= 4 is 11.7 Å². The highest BCUT2D eigenvalue weighted by molar-refractivity contribution is 6.10. The van der Waals surface area contributed by atoms with Crippen LogP contribution in [0.25, 0.3) is 0 Å². The average molecular weight is 475 g/mol. The number of nitrogens with zero attached hydrogens (tertiary/aromatic N) is 2. The molecule has 0 bridgehead atoms. The molecule has 0 aromatic heterocycles. The van der Waals surface area contributed by atoms with Crippen molar-refractivity contribution in [1.82, 2.24) is 9.80 Å². The molecule has 6 heteroatoms. The van der Waals surface area contributed by atoms with Crippen LogP contribution in [0.5, 0.6) is 5.75 Å². The number of rotatable bonds is 7. The molecule has 182 valence electrons. The quantitative estimate of drug-likeness (QED) is 0.459. The summed E-state index contributed by atoms with van der Waals surface area (Å²) in [6.45, 7) is 7.91. The third-order valence-corrected chi connectivity index (χ3v) is 6.50. The Morgan fingerprint density at radius 3 is 2.37 bits per heavy atom. The van der Waals surface area contributed by atoms with Gasteiger partial charge in [0.15, 0.2) is 12.4 Å². The molecule has 1 fully saturated rings. The SMILES string of the molecule is Cc1ccc(OCC(=O)N2C[C@H](C)N(Cc3ccc(F)cc3)C[C@H]2C)c(C(=O)c2ccccc2)c1. The maximum Gasteiger partial charge on any atom is 0.260 e. The van der Waals surface area contributed by atoms with E-state index in [0.29, 0.717) is 36.5 Å². The maximum atomic E-state index is 13.2. The molecule has 0 unspecified atom stereocenters. The van der Waals surface area contributed by atoms with Crippen molar-refractivity contribution in [2.45, 2.75) is 39.4 Å². The Hall–Kier alpha value is -3.51. The van der Waals surface area contributed by atoms with Gasteiger partial charge >= 0.3 is 0 Å². The van der Waals surface area contributed by atoms with Crippen LogP contribution in [0.4, 0.5) is 4.39 Å². The van der Waals surface area contributed by atoms with Gasteiger partial charge in [0.25, 0.3) is 5.91 Å². The lowest BCUT2D eigenvalue weighted by Crippen LogP contribution is -2.58. The molecule has 0 aliphatic carbocycles. The Labute approximate surface area is 206 Å². The second-order valence-corrected chi connectivity index (χ2v) is 9.28. The van der Waals surface area contributed by atoms with E-state index in [4.69, 9.17) is 4.74 Å². The molecule has 5 nitrogen and oxygen atoms in total. The third-order valence-electron chi connectivity index (χ3n) is 6.50. The summed E-state index contributed by atoms with van der Waals surface area (Å²) in [5, 5.41) is 0. The van der Waals surface area contributed by atoms with Crippen LogP contribution in [-0.2, 0) is 11.3 Å². The number of aryl methyl sites for hydroxylation is 1. The van der Waals surface area contributed by atoms with Crippen molar-refractivity contribution in [1.29, 1.82) is 0 Å². The van der Waals surface area contributed by atoms with Crippen molar-refractivity contribution in [3.8, 4) is 5.75 Å². The van der Waals surface area contributed by atoms with E-state index in [1.807, 2.05) is 43.0 Å². The number of ketones is 1. The number of ether oxygens (including phenoxy) is 1. The molecule has 35 heavy (non-hydrogen) atoms. The second kappa shape index (κ2) is 10.8. The first-order chi connectivity index (χ1) is 16.8. The minimum atomic E-state index is -0.243. The number of amides is 1. The summed E-state index contributed by atoms with van der Waals surface area (Å²) in [6, 6.07) is 21.2. The maximum absolute atomic E-state index is 13.2. The smallest absolute Gasteiger partial charge is 0.260 e. The summed E-state index contributed by atoms with van der Waals surface area (Å²) < 4.78 is 19.1. The highest BCUT2D eigenvalue weighted by Gasteiger charge is 2.32. The number of carbonyl (C=O) groups is 2. The van der Waals surface area contributed by atoms with Crippen molar-refractivity contribution in [2.75, 3.05) is 19.7 Å². The van der Waals surface area contributed by atoms with Crippen LogP contribution in [0, 0.1) is 12.7 Å². The van der Waals surface area contributed by atoms with E-state index in [2.05, 4.69) is 11.8 Å². The van der Waals surface area contributed by atoms with Gasteiger partial charge in [0, 0.05) is 37.3 Å². The van der Waals surface area contributed by atoms with E-state index >= 15 is 0 Å². The van der Waals surface area contributed by atoms with Crippen LogP contribution in [0.15, 0.2) is 72.8 Å². The number of halogens is 1. The van der Waals surface area contributed by atoms with Crippen molar-refractivity contribution in [3.05, 3.63) is 101 Å². The fourth-order valence-electron chi connectivity index (χ4n) is 4.50. The van der Waals surface area contributed by atoms with Gasteiger partial charge in [-0.15, -0.1) is 0 Å². The Kier molecular flexibility index (Phi) is 7.61. The zero-order chi connectivity index (χ0) is 24.9. The molecule has 4 rings (SSSR count). The third kappa shape index (κ3) is 5.95. The topological polar surface area (TPSA) is 49.9 Å². The molecule has 1 saturated heterocycles. The van der Waals surface area contributed by atoms with Crippen LogP contribution in [0.2, 0.25) is 0 Å². The van der Waals surface area contributed by atoms with E-state index in [1.54, 1.807) is 36.4 Å². The van der Waals surface area contributed by atoms with E-state index < -0.39 is 0 Å². The Balaban J connectivity index is 1.40. The molecule has 3 aromatic carbocycles. The molecule has 1 heterocycles. The summed E-state index contributed by atoms with van der Waals surface area (Å²) in [6.07, 6.45) is 0. The fourth-order valence-corrected chi connectivity index (χ4v) is 4.50. The van der Waals surface area contributed by atoms with Crippen LogP contribution in [0.3, 0.4) is 0 Å². The molecule has 0 N–H and O–H groups in total. The second-order valence-electron chi connectivity index (χ2n) is 9.28. The Morgan fingerprint density at radius 2 is 1.66 bits per heavy atom. The van der Waals surface area contributed by atoms with Gasteiger partial charge in [-0.05, 0) is 50.6 Å². The summed E-state index contributed by atoms with van der Waals surface area (Å²) in [5.74, 6) is -0.0705. The number of piperazine rings is 1. The molecule has 1 amide bonds. The first-order valence-electron chi connectivity index (χ1n) is 11.9. The molecule has 0 spiro atoms. The standard InChI is InChI=1S/C29H31FN2O3/c1-20-9-14-27(26(15-20)29(34)24-7-5-4-6-8-24)35-19-28(33)32-17-21(2)31(16-22(32)3)18-23-10-12-25(30)13-11-23/h4-15,21-22H,16-19H2,1-3H3/t21-,22+/m0/s1. The number of hydrogen-bond donors (Lipinski definition) is 0. The van der Waals surface area contributed by atoms with Gasteiger partial charge in [-0.3, -0.25) is 14.5 Å². The molecule has 3 aromatic rings. The van der Waals surface area contributed by atoms with E-state index in [1.165, 1.54) is 12.1 Å². The molecule has 0 saturated carbocycles. The lowest BCUT2D eigenvalue weighted by atomic mass is 10.0. The van der Waals surface area contributed by atoms with Crippen molar-refractivity contribution in [2.24, 2.45) is 0 Å². The number of hydrogen-bond acceptors (Lipinski definition) is 4. The molecular formula is C29H31FN2O3. The summed E-state index contributed by atoms with van der Waals surface area (Å²) in [7, 11) is 0. The molecule has 0 radical (unpaired) electrons. The van der Waals surface area contributed by atoms with Crippen LogP contribution in [-0.4, -0.2) is 53.3 Å². The molecule has 2 atom stereocenters. The van der Waals surface area contributed by atoms with Crippen molar-refractivity contribution < 1.29 is 18.7 Å². The van der Waals surface area contributed by atoms with Crippen molar-refractivity contribution in [3.63, 3.8) is 0 Å². The summed E-state index contributed by atoms with van der Waals surface area (Å²) in [4.78, 5) is 30.3. The monoisotopic (exact) mass is 474 g/mol. The molecule has 1 aliphatic rings. The van der Waals surface area contributed by atoms with Gasteiger partial charge in [-0.1, -0.05) is 54.1 Å². The predicted octanol–water partition coefficient (Wildman–Crippen LogP) is 4.87. The highest BCUT2D eigenvalue weighted by atomic mass is 19.1. The molecular weight excluding hydrogens is 443 g/mol. The summed E-state index contributed by atoms with van der Waals surface area (Å²) in [5.41, 5.74) is 3.02. The Morgan fingerprint density at radius 1 is 0.943 bits per heavy atom. The van der Waals surface area contributed by atoms with Gasteiger partial charge < -0.3 is 9.64 Å². The number of benzene rings is 3. The van der Waals surface area contributed by atoms with E-state index in [-0.39, 0.29) is 36.2 Å². The largest absolute Gasteiger partial charge is 0.483 e. The van der Waals surface area contributed by atoms with Gasteiger partial charge in [0.05, 0.1) is 5.56 Å². The zero-order valence-electron chi connectivity index (χ0n) is 20.4. The first-order valence-corrected chi connectivity index (χ1v) is 11.9. The van der Waals surface area contributed by atoms with E-state index in [9.17, 15) is 14.0 Å². The molecule has 1 aliphatic heterocycles. The lowest BCUT2D eigenvalue weighted by molar-refractivity contribution is -0.139. The minimum absolute atomic E-state index is 0.00573. The van der Waals surface area contributed by atoms with Crippen LogP contribution < -0.4 is 4.74 Å². The van der Waals surface area contributed by atoms with Gasteiger partial charge in [0.2, 0.25) is 0 Å². The highest BCUT2D eigenvalue weighted by Crippen LogP contribution is 2.24. The Bertz CT molecular complexity index is 1180. The van der Waals surface area contributed by atoms with Gasteiger partial charge in [-0.2, -0.15) is 0 Å². The lowest BCUT2D eigenvalue weighted by Gasteiger charge is -2.44. The van der Waals surface area contributed by atoms with E-state index in [0.717, 1.165) is 11.1 Å². The summed E-state index contributed by atoms with van der Waals surface area (Å²) >= 11 is 0. The van der Waals surface area contributed by atoms with Gasteiger partial charge in [-0.25, -0.2) is 4.39 Å². The average Bonchev–Trinajstić information content (AvgIpc) is 2.86. The number of carbonyl (C=O) groups excluding carboxylic acids is 2.